The smallest absolute Gasteiger partial charge is 0.166 e. The molecule has 0 bridgehead atoms. The molecular weight excluding hydrogens is 398 g/mol. The largest absolute Gasteiger partial charge is 0.493 e. The molecule has 0 aliphatic carbocycles. The molecular formula is C27H29N3O2. The van der Waals surface area contributed by atoms with Gasteiger partial charge in [-0.1, -0.05) is 18.2 Å². The SMILES string of the molecule is COc1cc2c(c3c1OC(C)(C)C3)C(c1cccc(-c3ccc(N)nc3)c1)=NC(C)(C)C2. The number of fused-ring (bicyclic) bond motifs is 3. The van der Waals surface area contributed by atoms with Crippen molar-refractivity contribution in [2.75, 3.05) is 12.8 Å². The number of ether oxygens (including phenoxy) is 2. The van der Waals surface area contributed by atoms with E-state index in [0.717, 1.165) is 46.7 Å². The first-order chi connectivity index (χ1) is 15.2. The Labute approximate surface area is 189 Å². The maximum absolute atomic E-state index is 6.32. The maximum Gasteiger partial charge on any atom is 0.166 e. The number of pyridine rings is 1. The van der Waals surface area contributed by atoms with E-state index in [9.17, 15) is 0 Å². The Kier molecular flexibility index (Phi) is 4.55. The third-order valence-corrected chi connectivity index (χ3v) is 6.16. The van der Waals surface area contributed by atoms with Crippen molar-refractivity contribution < 1.29 is 9.47 Å². The Bertz CT molecular complexity index is 1240. The molecule has 0 amide bonds. The zero-order chi connectivity index (χ0) is 22.7. The quantitative estimate of drug-likeness (QED) is 0.622. The van der Waals surface area contributed by atoms with Gasteiger partial charge < -0.3 is 15.2 Å². The summed E-state index contributed by atoms with van der Waals surface area (Å²) in [6.45, 7) is 8.61. The normalized spacial score (nSPS) is 17.7. The standard InChI is InChI=1S/C27H29N3O2/c1-26(2)13-19-12-21(31-5)25-20(14-27(3,4)32-25)23(19)24(30-26)17-8-6-7-16(11-17)18-9-10-22(28)29-15-18/h6-12,15H,13-14H2,1-5H3,(H2,28,29). The Balaban J connectivity index is 1.70. The van der Waals surface area contributed by atoms with Crippen LogP contribution < -0.4 is 15.2 Å². The summed E-state index contributed by atoms with van der Waals surface area (Å²) >= 11 is 0. The van der Waals surface area contributed by atoms with Crippen LogP contribution in [0.4, 0.5) is 5.82 Å². The number of aliphatic imine (C=N–C) groups is 1. The van der Waals surface area contributed by atoms with Crippen LogP contribution in [0.25, 0.3) is 11.1 Å². The molecule has 2 aromatic carbocycles. The molecule has 164 valence electrons. The maximum atomic E-state index is 6.32. The van der Waals surface area contributed by atoms with Gasteiger partial charge in [-0.25, -0.2) is 4.98 Å². The summed E-state index contributed by atoms with van der Waals surface area (Å²) in [6, 6.07) is 14.5. The predicted octanol–water partition coefficient (Wildman–Crippen LogP) is 5.23. The van der Waals surface area contributed by atoms with E-state index < -0.39 is 0 Å². The molecule has 3 heterocycles. The topological polar surface area (TPSA) is 69.7 Å². The molecule has 0 atom stereocenters. The van der Waals surface area contributed by atoms with Crippen molar-refractivity contribution in [2.24, 2.45) is 4.99 Å². The number of benzene rings is 2. The van der Waals surface area contributed by atoms with Gasteiger partial charge in [0, 0.05) is 34.9 Å². The van der Waals surface area contributed by atoms with Crippen molar-refractivity contribution in [1.82, 2.24) is 4.98 Å². The van der Waals surface area contributed by atoms with Crippen molar-refractivity contribution in [3.8, 4) is 22.6 Å². The van der Waals surface area contributed by atoms with E-state index in [1.807, 2.05) is 18.3 Å². The van der Waals surface area contributed by atoms with E-state index >= 15 is 0 Å². The predicted molar refractivity (Wildman–Crippen MR) is 129 cm³/mol. The Hall–Kier alpha value is -3.34. The van der Waals surface area contributed by atoms with Crippen molar-refractivity contribution in [3.05, 3.63) is 70.9 Å². The van der Waals surface area contributed by atoms with Gasteiger partial charge in [0.15, 0.2) is 11.5 Å². The molecule has 0 saturated carbocycles. The van der Waals surface area contributed by atoms with E-state index in [4.69, 9.17) is 20.2 Å². The number of hydrogen-bond donors (Lipinski definition) is 1. The number of rotatable bonds is 3. The van der Waals surface area contributed by atoms with Crippen LogP contribution in [-0.2, 0) is 12.8 Å². The van der Waals surface area contributed by atoms with Gasteiger partial charge in [0.1, 0.15) is 11.4 Å². The summed E-state index contributed by atoms with van der Waals surface area (Å²) in [5.74, 6) is 2.18. The van der Waals surface area contributed by atoms with Crippen LogP contribution in [0.15, 0.2) is 53.7 Å². The highest BCUT2D eigenvalue weighted by molar-refractivity contribution is 6.16. The fourth-order valence-electron chi connectivity index (χ4n) is 4.85. The first-order valence-electron chi connectivity index (χ1n) is 11.0. The van der Waals surface area contributed by atoms with Crippen LogP contribution in [-0.4, -0.2) is 28.9 Å². The molecule has 5 rings (SSSR count). The van der Waals surface area contributed by atoms with Gasteiger partial charge in [0.05, 0.1) is 18.4 Å². The number of anilines is 1. The minimum atomic E-state index is -0.277. The summed E-state index contributed by atoms with van der Waals surface area (Å²) in [7, 11) is 1.71. The van der Waals surface area contributed by atoms with Gasteiger partial charge in [-0.15, -0.1) is 0 Å². The van der Waals surface area contributed by atoms with E-state index in [1.54, 1.807) is 7.11 Å². The first-order valence-corrected chi connectivity index (χ1v) is 11.0. The highest BCUT2D eigenvalue weighted by Crippen LogP contribution is 2.48. The molecule has 2 aliphatic heterocycles. The third-order valence-electron chi connectivity index (χ3n) is 6.16. The molecule has 32 heavy (non-hydrogen) atoms. The van der Waals surface area contributed by atoms with Crippen molar-refractivity contribution in [2.45, 2.75) is 51.7 Å². The van der Waals surface area contributed by atoms with Crippen LogP contribution in [0.2, 0.25) is 0 Å². The van der Waals surface area contributed by atoms with Crippen LogP contribution in [0.5, 0.6) is 11.5 Å². The third kappa shape index (κ3) is 3.52. The summed E-state index contributed by atoms with van der Waals surface area (Å²) in [5.41, 5.74) is 13.2. The van der Waals surface area contributed by atoms with Gasteiger partial charge in [-0.3, -0.25) is 4.99 Å². The number of methoxy groups -OCH3 is 1. The summed E-state index contributed by atoms with van der Waals surface area (Å²) in [4.78, 5) is 9.50. The summed E-state index contributed by atoms with van der Waals surface area (Å²) in [6.07, 6.45) is 3.49. The van der Waals surface area contributed by atoms with E-state index in [0.29, 0.717) is 5.82 Å². The Morgan fingerprint density at radius 1 is 0.969 bits per heavy atom. The van der Waals surface area contributed by atoms with Crippen LogP contribution in [0.1, 0.15) is 49.9 Å². The van der Waals surface area contributed by atoms with Crippen LogP contribution >= 0.6 is 0 Å². The molecule has 2 N–H and O–H groups in total. The number of nitrogen functional groups attached to an aromatic ring is 1. The number of aromatic nitrogens is 1. The molecule has 3 aromatic rings. The van der Waals surface area contributed by atoms with Crippen molar-refractivity contribution in [1.29, 1.82) is 0 Å². The van der Waals surface area contributed by atoms with Gasteiger partial charge >= 0.3 is 0 Å². The fourth-order valence-corrected chi connectivity index (χ4v) is 4.85. The Morgan fingerprint density at radius 2 is 1.75 bits per heavy atom. The van der Waals surface area contributed by atoms with Gasteiger partial charge in [-0.05, 0) is 69.5 Å². The molecule has 0 unspecified atom stereocenters. The summed E-state index contributed by atoms with van der Waals surface area (Å²) in [5, 5.41) is 0. The number of nitrogens with two attached hydrogens (primary N) is 1. The van der Waals surface area contributed by atoms with Crippen LogP contribution in [0.3, 0.4) is 0 Å². The van der Waals surface area contributed by atoms with Gasteiger partial charge in [-0.2, -0.15) is 0 Å². The molecule has 0 spiro atoms. The number of nitrogens with zero attached hydrogens (tertiary/aromatic N) is 2. The van der Waals surface area contributed by atoms with Gasteiger partial charge in [0.25, 0.3) is 0 Å². The van der Waals surface area contributed by atoms with Crippen molar-refractivity contribution in [3.63, 3.8) is 0 Å². The zero-order valence-electron chi connectivity index (χ0n) is 19.3. The first kappa shape index (κ1) is 20.6. The van der Waals surface area contributed by atoms with Crippen LogP contribution in [0, 0.1) is 0 Å². The molecule has 0 radical (unpaired) electrons. The lowest BCUT2D eigenvalue weighted by molar-refractivity contribution is 0.134. The average Bonchev–Trinajstić information content (AvgIpc) is 3.07. The average molecular weight is 428 g/mol. The van der Waals surface area contributed by atoms with E-state index in [1.165, 1.54) is 16.7 Å². The number of hydrogen-bond acceptors (Lipinski definition) is 5. The highest BCUT2D eigenvalue weighted by atomic mass is 16.5. The molecule has 1 aromatic heterocycles. The second kappa shape index (κ2) is 7.09. The highest BCUT2D eigenvalue weighted by Gasteiger charge is 2.39. The summed E-state index contributed by atoms with van der Waals surface area (Å²) < 4.78 is 12.1. The van der Waals surface area contributed by atoms with Gasteiger partial charge in [0.2, 0.25) is 0 Å². The van der Waals surface area contributed by atoms with E-state index in [2.05, 4.69) is 63.0 Å². The lowest BCUT2D eigenvalue weighted by Crippen LogP contribution is -2.30. The minimum absolute atomic E-state index is 0.213. The van der Waals surface area contributed by atoms with E-state index in [-0.39, 0.29) is 11.1 Å². The zero-order valence-corrected chi connectivity index (χ0v) is 19.3. The second-order valence-corrected chi connectivity index (χ2v) is 9.96. The fraction of sp³-hybridized carbons (Fsp3) is 0.333. The second-order valence-electron chi connectivity index (χ2n) is 9.96. The monoisotopic (exact) mass is 427 g/mol. The molecule has 0 fully saturated rings. The molecule has 5 heteroatoms. The minimum Gasteiger partial charge on any atom is -0.493 e. The lowest BCUT2D eigenvalue weighted by atomic mass is 9.80. The Morgan fingerprint density at radius 3 is 2.47 bits per heavy atom. The molecule has 2 aliphatic rings. The van der Waals surface area contributed by atoms with Crippen molar-refractivity contribution >= 4 is 11.5 Å². The molecule has 0 saturated heterocycles. The molecule has 5 nitrogen and oxygen atoms in total. The lowest BCUT2D eigenvalue weighted by Gasteiger charge is -2.31.